The molecule has 9 heteroatoms. The van der Waals surface area contributed by atoms with E-state index in [0.29, 0.717) is 41.5 Å². The number of hydrogen-bond donors (Lipinski definition) is 0. The van der Waals surface area contributed by atoms with Crippen molar-refractivity contribution in [1.29, 1.82) is 0 Å². The van der Waals surface area contributed by atoms with E-state index in [2.05, 4.69) is 40.1 Å². The molecule has 222 valence electrons. The molecule has 0 unspecified atom stereocenters. The fourth-order valence-corrected chi connectivity index (χ4v) is 7.73. The third-order valence-electron chi connectivity index (χ3n) is 9.81. The maximum Gasteiger partial charge on any atom is 0.229 e. The highest BCUT2D eigenvalue weighted by Crippen LogP contribution is 2.43. The lowest BCUT2D eigenvalue weighted by atomic mass is 9.76. The van der Waals surface area contributed by atoms with Crippen molar-refractivity contribution in [3.05, 3.63) is 65.7 Å². The summed E-state index contributed by atoms with van der Waals surface area (Å²) in [5.41, 5.74) is 2.02. The van der Waals surface area contributed by atoms with Gasteiger partial charge in [-0.15, -0.1) is 12.4 Å². The van der Waals surface area contributed by atoms with Crippen LogP contribution in [0.15, 0.2) is 59.5 Å². The second-order valence-corrected chi connectivity index (χ2v) is 14.7. The van der Waals surface area contributed by atoms with Gasteiger partial charge in [0.2, 0.25) is 11.8 Å². The van der Waals surface area contributed by atoms with Crippen LogP contribution in [0.3, 0.4) is 0 Å². The molecule has 3 saturated heterocycles. The Balaban J connectivity index is 0.00000337. The maximum atomic E-state index is 13.6. The first-order valence-corrected chi connectivity index (χ1v) is 16.7. The second kappa shape index (κ2) is 12.1. The van der Waals surface area contributed by atoms with Crippen LogP contribution in [0.1, 0.15) is 55.6 Å². The molecular weight excluding hydrogens is 558 g/mol. The van der Waals surface area contributed by atoms with Crippen LogP contribution in [0, 0.1) is 17.3 Å². The molecular formula is C32H42ClN3O4S. The van der Waals surface area contributed by atoms with Crippen molar-refractivity contribution in [3.63, 3.8) is 0 Å². The monoisotopic (exact) mass is 599 g/mol. The first-order chi connectivity index (χ1) is 19.2. The molecule has 0 N–H and O–H groups in total. The predicted molar refractivity (Wildman–Crippen MR) is 162 cm³/mol. The minimum atomic E-state index is -3.23. The molecule has 41 heavy (non-hydrogen) atoms. The number of benzene rings is 2. The Labute approximate surface area is 250 Å². The van der Waals surface area contributed by atoms with Crippen LogP contribution in [-0.2, 0) is 26.0 Å². The van der Waals surface area contributed by atoms with Gasteiger partial charge in [0.25, 0.3) is 0 Å². The molecule has 1 saturated carbocycles. The molecule has 2 aromatic carbocycles. The topological polar surface area (TPSA) is 78.0 Å². The van der Waals surface area contributed by atoms with E-state index >= 15 is 0 Å². The minimum Gasteiger partial charge on any atom is -0.342 e. The van der Waals surface area contributed by atoms with E-state index in [1.165, 1.54) is 24.7 Å². The van der Waals surface area contributed by atoms with Gasteiger partial charge in [-0.1, -0.05) is 42.5 Å². The molecule has 3 aliphatic heterocycles. The van der Waals surface area contributed by atoms with E-state index in [9.17, 15) is 18.0 Å². The summed E-state index contributed by atoms with van der Waals surface area (Å²) in [5.74, 6) is 1.95. The van der Waals surface area contributed by atoms with Gasteiger partial charge in [-0.25, -0.2) is 8.42 Å². The van der Waals surface area contributed by atoms with Crippen LogP contribution < -0.4 is 0 Å². The van der Waals surface area contributed by atoms with Crippen molar-refractivity contribution in [2.45, 2.75) is 55.9 Å². The van der Waals surface area contributed by atoms with E-state index in [-0.39, 0.29) is 23.7 Å². The van der Waals surface area contributed by atoms with Crippen molar-refractivity contribution >= 4 is 34.1 Å². The number of halogens is 1. The molecule has 2 amide bonds. The number of likely N-dealkylation sites (tertiary alicyclic amines) is 3. The van der Waals surface area contributed by atoms with Gasteiger partial charge in [-0.2, -0.15) is 0 Å². The van der Waals surface area contributed by atoms with E-state index in [1.807, 2.05) is 17.0 Å². The van der Waals surface area contributed by atoms with Gasteiger partial charge < -0.3 is 14.7 Å². The molecule has 0 bridgehead atoms. The molecule has 0 aromatic heterocycles. The van der Waals surface area contributed by atoms with Gasteiger partial charge >= 0.3 is 0 Å². The van der Waals surface area contributed by atoms with Crippen molar-refractivity contribution in [2.75, 3.05) is 45.5 Å². The standard InChI is InChI=1S/C32H41N3O4S.ClH/c1-40(38,39)28-11-9-25(10-12-28)20-34-18-15-32(31(34)37)13-16-33(17-14-32)21-27-22-35(30(36)19-24-7-8-24)23-29(27)26-5-3-2-4-6-26;/h2-6,9-12,24,27,29H,7-8,13-23H2,1H3;1H/t27-,29+;/m0./s1. The number of hydrogen-bond acceptors (Lipinski definition) is 5. The Morgan fingerprint density at radius 3 is 2.22 bits per heavy atom. The Bertz CT molecular complexity index is 1340. The normalized spacial score (nSPS) is 24.6. The van der Waals surface area contributed by atoms with Gasteiger partial charge in [0.1, 0.15) is 0 Å². The van der Waals surface area contributed by atoms with Crippen LogP contribution in [0.5, 0.6) is 0 Å². The fraction of sp³-hybridized carbons (Fsp3) is 0.562. The van der Waals surface area contributed by atoms with Gasteiger partial charge in [0.05, 0.1) is 10.3 Å². The highest BCUT2D eigenvalue weighted by atomic mass is 35.5. The van der Waals surface area contributed by atoms with Crippen LogP contribution in [-0.4, -0.2) is 80.5 Å². The summed E-state index contributed by atoms with van der Waals surface area (Å²) < 4.78 is 23.5. The zero-order chi connectivity index (χ0) is 27.9. The minimum absolute atomic E-state index is 0. The van der Waals surface area contributed by atoms with Crippen molar-refractivity contribution in [3.8, 4) is 0 Å². The zero-order valence-electron chi connectivity index (χ0n) is 23.9. The Morgan fingerprint density at radius 2 is 1.59 bits per heavy atom. The summed E-state index contributed by atoms with van der Waals surface area (Å²) in [6, 6.07) is 17.6. The molecule has 4 aliphatic rings. The number of piperidine rings is 1. The first kappa shape index (κ1) is 30.1. The largest absolute Gasteiger partial charge is 0.342 e. The maximum absolute atomic E-state index is 13.6. The van der Waals surface area contributed by atoms with Crippen molar-refractivity contribution < 1.29 is 18.0 Å². The summed E-state index contributed by atoms with van der Waals surface area (Å²) in [4.78, 5) is 33.5. The third-order valence-corrected chi connectivity index (χ3v) is 10.9. The quantitative estimate of drug-likeness (QED) is 0.450. The predicted octanol–water partition coefficient (Wildman–Crippen LogP) is 4.37. The molecule has 1 spiro atoms. The Kier molecular flexibility index (Phi) is 8.84. The molecule has 2 aromatic rings. The molecule has 1 aliphatic carbocycles. The zero-order valence-corrected chi connectivity index (χ0v) is 25.5. The molecule has 7 nitrogen and oxygen atoms in total. The van der Waals surface area contributed by atoms with E-state index < -0.39 is 9.84 Å². The van der Waals surface area contributed by atoms with Gasteiger partial charge in [-0.05, 0) is 80.3 Å². The lowest BCUT2D eigenvalue weighted by Gasteiger charge is -2.39. The SMILES string of the molecule is CS(=O)(=O)c1ccc(CN2CCC3(CCN(C[C@H]4CN(C(=O)CC5CC5)C[C@@H]4c4ccccc4)CC3)C2=O)cc1.Cl. The summed E-state index contributed by atoms with van der Waals surface area (Å²) in [7, 11) is -3.23. The van der Waals surface area contributed by atoms with Crippen LogP contribution >= 0.6 is 12.4 Å². The third kappa shape index (κ3) is 6.65. The number of nitrogens with zero attached hydrogens (tertiary/aromatic N) is 3. The Morgan fingerprint density at radius 1 is 0.927 bits per heavy atom. The summed E-state index contributed by atoms with van der Waals surface area (Å²) in [5, 5.41) is 0. The van der Waals surface area contributed by atoms with Crippen LogP contribution in [0.2, 0.25) is 0 Å². The summed E-state index contributed by atoms with van der Waals surface area (Å²) >= 11 is 0. The van der Waals surface area contributed by atoms with Crippen LogP contribution in [0.4, 0.5) is 0 Å². The van der Waals surface area contributed by atoms with Gasteiger partial charge in [0, 0.05) is 51.3 Å². The number of sulfone groups is 1. The molecule has 3 heterocycles. The van der Waals surface area contributed by atoms with E-state index in [0.717, 1.165) is 64.1 Å². The second-order valence-electron chi connectivity index (χ2n) is 12.7. The summed E-state index contributed by atoms with van der Waals surface area (Å²) in [6.07, 6.45) is 6.96. The lowest BCUT2D eigenvalue weighted by molar-refractivity contribution is -0.139. The van der Waals surface area contributed by atoms with Crippen molar-refractivity contribution in [2.24, 2.45) is 17.3 Å². The molecule has 4 fully saturated rings. The number of carbonyl (C=O) groups excluding carboxylic acids is 2. The van der Waals surface area contributed by atoms with Gasteiger partial charge in [-0.3, -0.25) is 9.59 Å². The number of rotatable bonds is 8. The average Bonchev–Trinajstić information content (AvgIpc) is 3.59. The highest BCUT2D eigenvalue weighted by molar-refractivity contribution is 7.90. The lowest BCUT2D eigenvalue weighted by Crippen LogP contribution is -2.46. The molecule has 2 atom stereocenters. The first-order valence-electron chi connectivity index (χ1n) is 14.8. The smallest absolute Gasteiger partial charge is 0.229 e. The van der Waals surface area contributed by atoms with Crippen molar-refractivity contribution in [1.82, 2.24) is 14.7 Å². The van der Waals surface area contributed by atoms with E-state index in [4.69, 9.17) is 0 Å². The van der Waals surface area contributed by atoms with Gasteiger partial charge in [0.15, 0.2) is 9.84 Å². The van der Waals surface area contributed by atoms with E-state index in [1.54, 1.807) is 12.1 Å². The average molecular weight is 600 g/mol. The van der Waals surface area contributed by atoms with Crippen LogP contribution in [0.25, 0.3) is 0 Å². The highest BCUT2D eigenvalue weighted by Gasteiger charge is 2.48. The number of carbonyl (C=O) groups is 2. The number of amides is 2. The molecule has 0 radical (unpaired) electrons. The molecule has 6 rings (SSSR count). The Hall–Kier alpha value is -2.42. The summed E-state index contributed by atoms with van der Waals surface area (Å²) in [6.45, 7) is 5.72. The fourth-order valence-electron chi connectivity index (χ4n) is 7.10.